The molecule has 1 saturated heterocycles. The summed E-state index contributed by atoms with van der Waals surface area (Å²) in [5, 5.41) is 0. The molecule has 4 N–H and O–H groups in total. The maximum atomic E-state index is 11.5. The number of hydrogen-bond donors (Lipinski definition) is 2. The molecule has 0 radical (unpaired) electrons. The lowest BCUT2D eigenvalue weighted by molar-refractivity contribution is 0.100. The summed E-state index contributed by atoms with van der Waals surface area (Å²) in [4.78, 5) is 13.8. The number of carbonyl (C=O) groups excluding carboxylic acids is 1. The van der Waals surface area contributed by atoms with E-state index in [1.54, 1.807) is 6.07 Å². The summed E-state index contributed by atoms with van der Waals surface area (Å²) in [7, 11) is 0. The quantitative estimate of drug-likeness (QED) is 0.894. The van der Waals surface area contributed by atoms with Crippen LogP contribution in [0.4, 0.5) is 5.69 Å². The van der Waals surface area contributed by atoms with Crippen LogP contribution < -0.4 is 16.4 Å². The van der Waals surface area contributed by atoms with Crippen LogP contribution in [0.15, 0.2) is 22.7 Å². The third-order valence-electron chi connectivity index (χ3n) is 3.88. The smallest absolute Gasteiger partial charge is 0.250 e. The maximum absolute atomic E-state index is 11.5. The molecule has 1 amide bonds. The topological polar surface area (TPSA) is 72.3 Å². The van der Waals surface area contributed by atoms with E-state index in [1.807, 2.05) is 12.1 Å². The molecule has 1 fully saturated rings. The van der Waals surface area contributed by atoms with Crippen LogP contribution in [0.25, 0.3) is 0 Å². The standard InChI is InChI=1S/C14H20BrN3O/c1-2-9-8-18(6-5-12(9)16)13-7-10(15)3-4-11(13)14(17)19/h3-4,7,9,12H,2,5-6,8,16H2,1H3,(H2,17,19). The molecule has 104 valence electrons. The second kappa shape index (κ2) is 5.92. The Kier molecular flexibility index (Phi) is 4.47. The predicted octanol–water partition coefficient (Wildman–Crippen LogP) is 2.11. The maximum Gasteiger partial charge on any atom is 0.250 e. The van der Waals surface area contributed by atoms with E-state index in [0.717, 1.165) is 36.1 Å². The molecule has 1 aliphatic heterocycles. The fourth-order valence-electron chi connectivity index (χ4n) is 2.68. The van der Waals surface area contributed by atoms with Gasteiger partial charge in [-0.15, -0.1) is 0 Å². The summed E-state index contributed by atoms with van der Waals surface area (Å²) < 4.78 is 0.954. The monoisotopic (exact) mass is 325 g/mol. The first-order valence-corrected chi connectivity index (χ1v) is 7.42. The van der Waals surface area contributed by atoms with Gasteiger partial charge in [-0.3, -0.25) is 4.79 Å². The number of nitrogens with two attached hydrogens (primary N) is 2. The van der Waals surface area contributed by atoms with Crippen molar-refractivity contribution in [3.8, 4) is 0 Å². The van der Waals surface area contributed by atoms with Crippen molar-refractivity contribution >= 4 is 27.5 Å². The van der Waals surface area contributed by atoms with Gasteiger partial charge >= 0.3 is 0 Å². The van der Waals surface area contributed by atoms with Gasteiger partial charge in [0.2, 0.25) is 0 Å². The van der Waals surface area contributed by atoms with Crippen LogP contribution in [-0.4, -0.2) is 25.0 Å². The van der Waals surface area contributed by atoms with E-state index in [1.165, 1.54) is 0 Å². The van der Waals surface area contributed by atoms with Crippen molar-refractivity contribution in [2.24, 2.45) is 17.4 Å². The Labute approximate surface area is 122 Å². The molecule has 4 nitrogen and oxygen atoms in total. The number of rotatable bonds is 3. The molecule has 1 aromatic carbocycles. The second-order valence-electron chi connectivity index (χ2n) is 5.09. The Morgan fingerprint density at radius 1 is 1.53 bits per heavy atom. The molecule has 0 bridgehead atoms. The first-order valence-electron chi connectivity index (χ1n) is 6.62. The molecule has 19 heavy (non-hydrogen) atoms. The van der Waals surface area contributed by atoms with Crippen molar-refractivity contribution in [2.75, 3.05) is 18.0 Å². The first kappa shape index (κ1) is 14.3. The van der Waals surface area contributed by atoms with Crippen molar-refractivity contribution in [2.45, 2.75) is 25.8 Å². The summed E-state index contributed by atoms with van der Waals surface area (Å²) in [5.74, 6) is 0.0823. The summed E-state index contributed by atoms with van der Waals surface area (Å²) in [6.07, 6.45) is 2.00. The van der Waals surface area contributed by atoms with Crippen molar-refractivity contribution in [1.29, 1.82) is 0 Å². The minimum Gasteiger partial charge on any atom is -0.370 e. The highest BCUT2D eigenvalue weighted by Crippen LogP contribution is 2.29. The van der Waals surface area contributed by atoms with Gasteiger partial charge in [-0.25, -0.2) is 0 Å². The van der Waals surface area contributed by atoms with Gasteiger partial charge in [-0.1, -0.05) is 29.3 Å². The minimum absolute atomic E-state index is 0.255. The number of nitrogens with zero attached hydrogens (tertiary/aromatic N) is 1. The lowest BCUT2D eigenvalue weighted by atomic mass is 9.90. The van der Waals surface area contributed by atoms with Gasteiger partial charge in [0.15, 0.2) is 0 Å². The van der Waals surface area contributed by atoms with Gasteiger partial charge in [0.1, 0.15) is 0 Å². The summed E-state index contributed by atoms with van der Waals surface area (Å²) >= 11 is 3.45. The van der Waals surface area contributed by atoms with Gasteiger partial charge in [-0.2, -0.15) is 0 Å². The zero-order valence-corrected chi connectivity index (χ0v) is 12.7. The molecule has 5 heteroatoms. The van der Waals surface area contributed by atoms with Gasteiger partial charge in [-0.05, 0) is 30.5 Å². The Bertz CT molecular complexity index is 478. The average Bonchev–Trinajstić information content (AvgIpc) is 2.38. The van der Waals surface area contributed by atoms with Crippen molar-refractivity contribution in [3.63, 3.8) is 0 Å². The Morgan fingerprint density at radius 2 is 2.26 bits per heavy atom. The molecular weight excluding hydrogens is 306 g/mol. The van der Waals surface area contributed by atoms with E-state index < -0.39 is 0 Å². The van der Waals surface area contributed by atoms with Crippen molar-refractivity contribution < 1.29 is 4.79 Å². The van der Waals surface area contributed by atoms with Crippen LogP contribution in [0, 0.1) is 5.92 Å². The third kappa shape index (κ3) is 3.09. The number of benzene rings is 1. The second-order valence-corrected chi connectivity index (χ2v) is 6.01. The fourth-order valence-corrected chi connectivity index (χ4v) is 3.02. The summed E-state index contributed by atoms with van der Waals surface area (Å²) in [6.45, 7) is 3.91. The summed E-state index contributed by atoms with van der Waals surface area (Å²) in [6, 6.07) is 5.84. The number of amides is 1. The number of primary amides is 1. The largest absolute Gasteiger partial charge is 0.370 e. The fraction of sp³-hybridized carbons (Fsp3) is 0.500. The zero-order chi connectivity index (χ0) is 14.0. The van der Waals surface area contributed by atoms with Crippen LogP contribution in [0.1, 0.15) is 30.1 Å². The van der Waals surface area contributed by atoms with Gasteiger partial charge in [0.25, 0.3) is 5.91 Å². The number of hydrogen-bond acceptors (Lipinski definition) is 3. The molecule has 0 saturated carbocycles. The van der Waals surface area contributed by atoms with E-state index in [0.29, 0.717) is 11.5 Å². The molecule has 1 aromatic rings. The van der Waals surface area contributed by atoms with Gasteiger partial charge in [0.05, 0.1) is 11.3 Å². The molecule has 2 atom stereocenters. The predicted molar refractivity (Wildman–Crippen MR) is 81.2 cm³/mol. The highest BCUT2D eigenvalue weighted by atomic mass is 79.9. The Morgan fingerprint density at radius 3 is 2.89 bits per heavy atom. The van der Waals surface area contributed by atoms with E-state index in [4.69, 9.17) is 11.5 Å². The average molecular weight is 326 g/mol. The van der Waals surface area contributed by atoms with E-state index in [9.17, 15) is 4.79 Å². The lowest BCUT2D eigenvalue weighted by Gasteiger charge is -2.38. The van der Waals surface area contributed by atoms with Crippen LogP contribution in [0.2, 0.25) is 0 Å². The van der Waals surface area contributed by atoms with E-state index in [-0.39, 0.29) is 11.9 Å². The SMILES string of the molecule is CCC1CN(c2cc(Br)ccc2C(N)=O)CCC1N. The van der Waals surface area contributed by atoms with Crippen LogP contribution in [0.5, 0.6) is 0 Å². The molecule has 2 rings (SSSR count). The minimum atomic E-state index is -0.384. The molecule has 0 spiro atoms. The molecule has 0 aromatic heterocycles. The molecule has 2 unspecified atom stereocenters. The Balaban J connectivity index is 2.31. The molecular formula is C14H20BrN3O. The number of halogens is 1. The molecule has 1 heterocycles. The highest BCUT2D eigenvalue weighted by molar-refractivity contribution is 9.10. The van der Waals surface area contributed by atoms with Crippen LogP contribution in [0.3, 0.4) is 0 Å². The number of piperidine rings is 1. The van der Waals surface area contributed by atoms with Crippen molar-refractivity contribution in [1.82, 2.24) is 0 Å². The van der Waals surface area contributed by atoms with Crippen molar-refractivity contribution in [3.05, 3.63) is 28.2 Å². The van der Waals surface area contributed by atoms with Crippen LogP contribution in [-0.2, 0) is 0 Å². The third-order valence-corrected chi connectivity index (χ3v) is 4.38. The van der Waals surface area contributed by atoms with E-state index >= 15 is 0 Å². The molecule has 0 aliphatic carbocycles. The van der Waals surface area contributed by atoms with Gasteiger partial charge < -0.3 is 16.4 Å². The first-order chi connectivity index (χ1) is 9.02. The Hall–Kier alpha value is -1.07. The molecule has 1 aliphatic rings. The van der Waals surface area contributed by atoms with Gasteiger partial charge in [0, 0.05) is 23.6 Å². The van der Waals surface area contributed by atoms with Crippen LogP contribution >= 0.6 is 15.9 Å². The number of anilines is 1. The lowest BCUT2D eigenvalue weighted by Crippen LogP contribution is -2.47. The number of carbonyl (C=O) groups is 1. The normalized spacial score (nSPS) is 23.4. The highest BCUT2D eigenvalue weighted by Gasteiger charge is 2.27. The summed E-state index contributed by atoms with van der Waals surface area (Å²) in [5.41, 5.74) is 13.1. The zero-order valence-electron chi connectivity index (χ0n) is 11.1. The van der Waals surface area contributed by atoms with E-state index in [2.05, 4.69) is 27.8 Å².